The Morgan fingerprint density at radius 1 is 1.00 bits per heavy atom. The van der Waals surface area contributed by atoms with Crippen molar-refractivity contribution in [2.75, 3.05) is 11.1 Å². The van der Waals surface area contributed by atoms with Gasteiger partial charge < -0.3 is 10.6 Å². The molecule has 2 N–H and O–H groups in total. The van der Waals surface area contributed by atoms with Gasteiger partial charge in [-0.25, -0.2) is 8.42 Å². The maximum absolute atomic E-state index is 12.9. The average molecular weight is 413 g/mol. The quantitative estimate of drug-likeness (QED) is 0.763. The number of hydrogen-bond acceptors (Lipinski definition) is 4. The molecule has 6 nitrogen and oxygen atoms in total. The molecule has 1 atom stereocenters. The first-order chi connectivity index (χ1) is 13.9. The first-order valence-corrected chi connectivity index (χ1v) is 11.6. The molecular formula is C22H24N2O4S. The highest BCUT2D eigenvalue weighted by molar-refractivity contribution is 7.92. The van der Waals surface area contributed by atoms with Crippen LogP contribution in [-0.4, -0.2) is 32.0 Å². The second-order valence-corrected chi connectivity index (χ2v) is 9.95. The SMILES string of the molecule is O=C(CS(=O)(=O)C1CCCc2ccccc21)Nc1cccc(C(=O)NC2CC2)c1. The molecule has 0 saturated heterocycles. The number of anilines is 1. The molecule has 152 valence electrons. The second kappa shape index (κ2) is 7.99. The molecule has 7 heteroatoms. The molecule has 4 rings (SSSR count). The topological polar surface area (TPSA) is 92.3 Å². The molecule has 0 aromatic heterocycles. The van der Waals surface area contributed by atoms with Crippen LogP contribution in [-0.2, 0) is 21.1 Å². The van der Waals surface area contributed by atoms with Gasteiger partial charge in [-0.05, 0) is 61.4 Å². The monoisotopic (exact) mass is 412 g/mol. The number of nitrogens with one attached hydrogen (secondary N) is 2. The molecule has 1 unspecified atom stereocenters. The summed E-state index contributed by atoms with van der Waals surface area (Å²) in [5, 5.41) is 4.88. The Labute approximate surface area is 170 Å². The molecule has 0 bridgehead atoms. The van der Waals surface area contributed by atoms with Gasteiger partial charge in [-0.2, -0.15) is 0 Å². The van der Waals surface area contributed by atoms with E-state index in [4.69, 9.17) is 0 Å². The van der Waals surface area contributed by atoms with E-state index in [1.807, 2.05) is 24.3 Å². The van der Waals surface area contributed by atoms with Crippen molar-refractivity contribution in [1.29, 1.82) is 0 Å². The van der Waals surface area contributed by atoms with Crippen molar-refractivity contribution in [2.24, 2.45) is 0 Å². The Morgan fingerprint density at radius 3 is 2.59 bits per heavy atom. The Kier molecular flexibility index (Phi) is 5.41. The minimum atomic E-state index is -3.64. The van der Waals surface area contributed by atoms with E-state index >= 15 is 0 Å². The number of aryl methyl sites for hydroxylation is 1. The number of amides is 2. The van der Waals surface area contributed by atoms with Gasteiger partial charge >= 0.3 is 0 Å². The van der Waals surface area contributed by atoms with Crippen molar-refractivity contribution in [2.45, 2.75) is 43.4 Å². The molecule has 2 aromatic rings. The van der Waals surface area contributed by atoms with Gasteiger partial charge in [0.25, 0.3) is 5.91 Å². The molecule has 29 heavy (non-hydrogen) atoms. The third kappa shape index (κ3) is 4.67. The molecule has 2 aromatic carbocycles. The van der Waals surface area contributed by atoms with Gasteiger partial charge in [0.15, 0.2) is 9.84 Å². The van der Waals surface area contributed by atoms with Gasteiger partial charge in [-0.3, -0.25) is 9.59 Å². The molecule has 2 amide bonds. The summed E-state index contributed by atoms with van der Waals surface area (Å²) in [4.78, 5) is 24.6. The fourth-order valence-electron chi connectivity index (χ4n) is 3.80. The fraction of sp³-hybridized carbons (Fsp3) is 0.364. The summed E-state index contributed by atoms with van der Waals surface area (Å²) in [6.45, 7) is 0. The molecule has 2 aliphatic rings. The number of carbonyl (C=O) groups excluding carboxylic acids is 2. The van der Waals surface area contributed by atoms with Gasteiger partial charge in [-0.15, -0.1) is 0 Å². The van der Waals surface area contributed by atoms with Crippen LogP contribution in [0.5, 0.6) is 0 Å². The van der Waals surface area contributed by atoms with E-state index in [9.17, 15) is 18.0 Å². The van der Waals surface area contributed by atoms with E-state index < -0.39 is 26.7 Å². The lowest BCUT2D eigenvalue weighted by Gasteiger charge is -2.25. The Bertz CT molecular complexity index is 1040. The summed E-state index contributed by atoms with van der Waals surface area (Å²) in [7, 11) is -3.64. The number of carbonyl (C=O) groups is 2. The van der Waals surface area contributed by atoms with E-state index in [1.165, 1.54) is 0 Å². The van der Waals surface area contributed by atoms with E-state index in [0.717, 1.165) is 36.8 Å². The minimum absolute atomic E-state index is 0.185. The number of sulfone groups is 1. The van der Waals surface area contributed by atoms with Gasteiger partial charge in [0.1, 0.15) is 5.75 Å². The number of benzene rings is 2. The van der Waals surface area contributed by atoms with Crippen LogP contribution in [0.2, 0.25) is 0 Å². The molecule has 0 spiro atoms. The van der Waals surface area contributed by atoms with Crippen LogP contribution in [0.4, 0.5) is 5.69 Å². The number of hydrogen-bond donors (Lipinski definition) is 2. The van der Waals surface area contributed by atoms with Crippen molar-refractivity contribution in [3.63, 3.8) is 0 Å². The van der Waals surface area contributed by atoms with Gasteiger partial charge in [0.05, 0.1) is 5.25 Å². The third-order valence-electron chi connectivity index (χ3n) is 5.40. The number of fused-ring (bicyclic) bond motifs is 1. The largest absolute Gasteiger partial charge is 0.349 e. The fourth-order valence-corrected chi connectivity index (χ4v) is 5.58. The Hall–Kier alpha value is -2.67. The summed E-state index contributed by atoms with van der Waals surface area (Å²) in [6.07, 6.45) is 4.17. The second-order valence-electron chi connectivity index (χ2n) is 7.76. The zero-order valence-corrected chi connectivity index (χ0v) is 16.9. The Balaban J connectivity index is 1.44. The van der Waals surface area contributed by atoms with Gasteiger partial charge in [-0.1, -0.05) is 30.3 Å². The van der Waals surface area contributed by atoms with Crippen molar-refractivity contribution >= 4 is 27.3 Å². The van der Waals surface area contributed by atoms with Crippen LogP contribution in [0.15, 0.2) is 48.5 Å². The predicted molar refractivity (Wildman–Crippen MR) is 111 cm³/mol. The molecular weight excluding hydrogens is 388 g/mol. The molecule has 0 aliphatic heterocycles. The van der Waals surface area contributed by atoms with Crippen LogP contribution in [0.3, 0.4) is 0 Å². The van der Waals surface area contributed by atoms with E-state index in [-0.39, 0.29) is 11.9 Å². The van der Waals surface area contributed by atoms with Crippen LogP contribution in [0.25, 0.3) is 0 Å². The minimum Gasteiger partial charge on any atom is -0.349 e. The maximum atomic E-state index is 12.9. The normalized spacial score (nSPS) is 18.6. The van der Waals surface area contributed by atoms with E-state index in [1.54, 1.807) is 24.3 Å². The lowest BCUT2D eigenvalue weighted by Crippen LogP contribution is -2.29. The highest BCUT2D eigenvalue weighted by Crippen LogP contribution is 2.35. The summed E-state index contributed by atoms with van der Waals surface area (Å²) in [5.41, 5.74) is 2.71. The maximum Gasteiger partial charge on any atom is 0.251 e. The van der Waals surface area contributed by atoms with Crippen LogP contribution < -0.4 is 10.6 Å². The van der Waals surface area contributed by atoms with Crippen molar-refractivity contribution in [3.05, 3.63) is 65.2 Å². The molecule has 0 radical (unpaired) electrons. The third-order valence-corrected chi connectivity index (χ3v) is 7.42. The summed E-state index contributed by atoms with van der Waals surface area (Å²) < 4.78 is 25.9. The standard InChI is InChI=1S/C22H24N2O4S/c25-21(23-18-8-3-7-16(13-18)22(26)24-17-11-12-17)14-29(27,28)20-10-4-6-15-5-1-2-9-19(15)20/h1-3,5,7-9,13,17,20H,4,6,10-12,14H2,(H,23,25)(H,24,26). The molecule has 1 saturated carbocycles. The smallest absolute Gasteiger partial charge is 0.251 e. The summed E-state index contributed by atoms with van der Waals surface area (Å²) in [6, 6.07) is 14.3. The van der Waals surface area contributed by atoms with Gasteiger partial charge in [0.2, 0.25) is 5.91 Å². The first kappa shape index (κ1) is 19.6. The number of rotatable bonds is 6. The highest BCUT2D eigenvalue weighted by atomic mass is 32.2. The molecule has 0 heterocycles. The first-order valence-electron chi connectivity index (χ1n) is 9.92. The lowest BCUT2D eigenvalue weighted by molar-refractivity contribution is -0.113. The average Bonchev–Trinajstić information content (AvgIpc) is 3.51. The lowest BCUT2D eigenvalue weighted by atomic mass is 9.91. The zero-order chi connectivity index (χ0) is 20.4. The highest BCUT2D eigenvalue weighted by Gasteiger charge is 2.33. The molecule has 2 aliphatic carbocycles. The summed E-state index contributed by atoms with van der Waals surface area (Å²) in [5.74, 6) is -1.35. The van der Waals surface area contributed by atoms with Crippen molar-refractivity contribution < 1.29 is 18.0 Å². The summed E-state index contributed by atoms with van der Waals surface area (Å²) >= 11 is 0. The van der Waals surface area contributed by atoms with Crippen LogP contribution in [0.1, 0.15) is 52.4 Å². The predicted octanol–water partition coefficient (Wildman–Crippen LogP) is 3.01. The van der Waals surface area contributed by atoms with Crippen molar-refractivity contribution in [3.8, 4) is 0 Å². The van der Waals surface area contributed by atoms with Crippen LogP contribution in [0, 0.1) is 0 Å². The van der Waals surface area contributed by atoms with Gasteiger partial charge in [0, 0.05) is 17.3 Å². The molecule has 1 fully saturated rings. The van der Waals surface area contributed by atoms with E-state index in [0.29, 0.717) is 17.7 Å². The van der Waals surface area contributed by atoms with Crippen LogP contribution >= 0.6 is 0 Å². The van der Waals surface area contributed by atoms with Crippen molar-refractivity contribution in [1.82, 2.24) is 5.32 Å². The Morgan fingerprint density at radius 2 is 1.79 bits per heavy atom. The van der Waals surface area contributed by atoms with E-state index in [2.05, 4.69) is 10.6 Å². The zero-order valence-electron chi connectivity index (χ0n) is 16.1.